The van der Waals surface area contributed by atoms with Gasteiger partial charge in [0.1, 0.15) is 0 Å². The average Bonchev–Trinajstić information content (AvgIpc) is 2.00. The summed E-state index contributed by atoms with van der Waals surface area (Å²) < 4.78 is 5.31. The first-order chi connectivity index (χ1) is 6.06. The molecule has 0 rings (SSSR count). The molecule has 78 valence electrons. The van der Waals surface area contributed by atoms with Gasteiger partial charge in [-0.3, -0.25) is 4.99 Å². The van der Waals surface area contributed by atoms with Gasteiger partial charge in [0.2, 0.25) is 0 Å². The van der Waals surface area contributed by atoms with Gasteiger partial charge in [-0.2, -0.15) is 0 Å². The van der Waals surface area contributed by atoms with Crippen LogP contribution in [0.2, 0.25) is 0 Å². The molecule has 1 unspecified atom stereocenters. The van der Waals surface area contributed by atoms with E-state index in [1.807, 2.05) is 27.7 Å². The molecule has 4 heteroatoms. The maximum atomic E-state index is 5.60. The van der Waals surface area contributed by atoms with Crippen LogP contribution in [-0.4, -0.2) is 31.3 Å². The molecule has 0 spiro atoms. The number of nitrogens with two attached hydrogens (primary N) is 1. The van der Waals surface area contributed by atoms with Gasteiger partial charge in [-0.25, -0.2) is 0 Å². The molecule has 0 aromatic rings. The van der Waals surface area contributed by atoms with Gasteiger partial charge in [0.05, 0.1) is 12.6 Å². The summed E-state index contributed by atoms with van der Waals surface area (Å²) in [4.78, 5) is 4.14. The highest BCUT2D eigenvalue weighted by atomic mass is 16.5. The van der Waals surface area contributed by atoms with Crippen molar-refractivity contribution in [2.24, 2.45) is 10.7 Å². The molecule has 1 atom stereocenters. The predicted octanol–water partition coefficient (Wildman–Crippen LogP) is 0.724. The number of hydrogen-bond donors (Lipinski definition) is 2. The van der Waals surface area contributed by atoms with Gasteiger partial charge in [0.25, 0.3) is 0 Å². The molecular formula is C9H21N3O. The molecule has 13 heavy (non-hydrogen) atoms. The van der Waals surface area contributed by atoms with Crippen LogP contribution in [0, 0.1) is 0 Å². The van der Waals surface area contributed by atoms with E-state index in [2.05, 4.69) is 10.3 Å². The normalized spacial score (nSPS) is 14.7. The molecule has 0 radical (unpaired) electrons. The lowest BCUT2D eigenvalue weighted by Crippen LogP contribution is -2.37. The van der Waals surface area contributed by atoms with Gasteiger partial charge in [0.15, 0.2) is 5.96 Å². The van der Waals surface area contributed by atoms with E-state index in [0.717, 1.165) is 0 Å². The van der Waals surface area contributed by atoms with E-state index in [1.165, 1.54) is 0 Å². The van der Waals surface area contributed by atoms with Crippen molar-refractivity contribution in [3.63, 3.8) is 0 Å². The van der Waals surface area contributed by atoms with Gasteiger partial charge in [-0.15, -0.1) is 0 Å². The molecule has 0 aliphatic heterocycles. The Balaban J connectivity index is 3.68. The second kappa shape index (κ2) is 6.71. The molecule has 4 nitrogen and oxygen atoms in total. The zero-order valence-electron chi connectivity index (χ0n) is 9.00. The smallest absolute Gasteiger partial charge is 0.188 e. The molecule has 0 aliphatic carbocycles. The quantitative estimate of drug-likeness (QED) is 0.492. The van der Waals surface area contributed by atoms with Crippen molar-refractivity contribution < 1.29 is 4.74 Å². The summed E-state index contributed by atoms with van der Waals surface area (Å²) in [5.41, 5.74) is 5.60. The third-order valence-electron chi connectivity index (χ3n) is 1.41. The Morgan fingerprint density at radius 3 is 2.54 bits per heavy atom. The van der Waals surface area contributed by atoms with Gasteiger partial charge >= 0.3 is 0 Å². The number of nitrogens with one attached hydrogen (secondary N) is 1. The molecular weight excluding hydrogens is 166 g/mol. The van der Waals surface area contributed by atoms with E-state index in [1.54, 1.807) is 0 Å². The summed E-state index contributed by atoms with van der Waals surface area (Å²) in [6.07, 6.45) is 0.137. The van der Waals surface area contributed by atoms with Crippen LogP contribution in [0.3, 0.4) is 0 Å². The van der Waals surface area contributed by atoms with Crippen LogP contribution >= 0.6 is 0 Å². The predicted molar refractivity (Wildman–Crippen MR) is 55.8 cm³/mol. The van der Waals surface area contributed by atoms with E-state index in [-0.39, 0.29) is 6.10 Å². The molecule has 0 bridgehead atoms. The largest absolute Gasteiger partial charge is 0.377 e. The third kappa shape index (κ3) is 7.59. The molecule has 3 N–H and O–H groups in total. The van der Waals surface area contributed by atoms with Crippen molar-refractivity contribution in [2.75, 3.05) is 13.2 Å². The SMILES string of the molecule is CCOC(C)CN=C(N)NC(C)C. The van der Waals surface area contributed by atoms with E-state index >= 15 is 0 Å². The number of guanidine groups is 1. The molecule has 0 saturated carbocycles. The van der Waals surface area contributed by atoms with Gasteiger partial charge in [0, 0.05) is 12.6 Å². The maximum absolute atomic E-state index is 5.60. The minimum absolute atomic E-state index is 0.137. The van der Waals surface area contributed by atoms with Crippen molar-refractivity contribution >= 4 is 5.96 Å². The number of hydrogen-bond acceptors (Lipinski definition) is 2. The third-order valence-corrected chi connectivity index (χ3v) is 1.41. The van der Waals surface area contributed by atoms with Crippen LogP contribution < -0.4 is 11.1 Å². The maximum Gasteiger partial charge on any atom is 0.188 e. The molecule has 0 saturated heterocycles. The van der Waals surface area contributed by atoms with Crippen LogP contribution in [-0.2, 0) is 4.74 Å². The first kappa shape index (κ1) is 12.2. The van der Waals surface area contributed by atoms with Gasteiger partial charge < -0.3 is 15.8 Å². The van der Waals surface area contributed by atoms with E-state index < -0.39 is 0 Å². The second-order valence-electron chi connectivity index (χ2n) is 3.29. The summed E-state index contributed by atoms with van der Waals surface area (Å²) in [6, 6.07) is 0.325. The molecule has 0 aliphatic rings. The highest BCUT2D eigenvalue weighted by Crippen LogP contribution is 1.90. The fourth-order valence-electron chi connectivity index (χ4n) is 0.906. The zero-order chi connectivity index (χ0) is 10.3. The lowest BCUT2D eigenvalue weighted by Gasteiger charge is -2.11. The Kier molecular flexibility index (Phi) is 6.32. The van der Waals surface area contributed by atoms with Crippen LogP contribution in [0.4, 0.5) is 0 Å². The van der Waals surface area contributed by atoms with Gasteiger partial charge in [-0.05, 0) is 27.7 Å². The lowest BCUT2D eigenvalue weighted by atomic mass is 10.4. The van der Waals surface area contributed by atoms with E-state index in [0.29, 0.717) is 25.2 Å². The average molecular weight is 187 g/mol. The molecule has 0 heterocycles. The van der Waals surface area contributed by atoms with Crippen LogP contribution in [0.25, 0.3) is 0 Å². The van der Waals surface area contributed by atoms with Gasteiger partial charge in [-0.1, -0.05) is 0 Å². The molecule has 0 fully saturated rings. The van der Waals surface area contributed by atoms with E-state index in [4.69, 9.17) is 10.5 Å². The van der Waals surface area contributed by atoms with E-state index in [9.17, 15) is 0 Å². The number of nitrogens with zero attached hydrogens (tertiary/aromatic N) is 1. The number of rotatable bonds is 5. The van der Waals surface area contributed by atoms with Crippen molar-refractivity contribution in [1.82, 2.24) is 5.32 Å². The fourth-order valence-corrected chi connectivity index (χ4v) is 0.906. The summed E-state index contributed by atoms with van der Waals surface area (Å²) >= 11 is 0. The number of aliphatic imine (C=N–C) groups is 1. The monoisotopic (exact) mass is 187 g/mol. The van der Waals surface area contributed by atoms with Crippen molar-refractivity contribution in [3.8, 4) is 0 Å². The number of ether oxygens (including phenoxy) is 1. The van der Waals surface area contributed by atoms with Crippen molar-refractivity contribution in [1.29, 1.82) is 0 Å². The highest BCUT2D eigenvalue weighted by Gasteiger charge is 1.99. The Morgan fingerprint density at radius 2 is 2.08 bits per heavy atom. The first-order valence-corrected chi connectivity index (χ1v) is 4.74. The zero-order valence-corrected chi connectivity index (χ0v) is 9.00. The Bertz CT molecular complexity index is 157. The highest BCUT2D eigenvalue weighted by molar-refractivity contribution is 5.78. The molecule has 0 aromatic carbocycles. The minimum atomic E-state index is 0.137. The topological polar surface area (TPSA) is 59.6 Å². The van der Waals surface area contributed by atoms with Crippen LogP contribution in [0.5, 0.6) is 0 Å². The van der Waals surface area contributed by atoms with Crippen molar-refractivity contribution in [2.45, 2.75) is 39.8 Å². The molecule has 0 aromatic heterocycles. The standard InChI is InChI=1S/C9H21N3O/c1-5-13-8(4)6-11-9(10)12-7(2)3/h7-8H,5-6H2,1-4H3,(H3,10,11,12). The summed E-state index contributed by atoms with van der Waals surface area (Å²) in [5, 5.41) is 3.01. The minimum Gasteiger partial charge on any atom is -0.377 e. The fraction of sp³-hybridized carbons (Fsp3) is 0.889. The first-order valence-electron chi connectivity index (χ1n) is 4.74. The Labute approximate surface area is 80.6 Å². The summed E-state index contributed by atoms with van der Waals surface area (Å²) in [5.74, 6) is 0.488. The second-order valence-corrected chi connectivity index (χ2v) is 3.29. The van der Waals surface area contributed by atoms with Crippen LogP contribution in [0.1, 0.15) is 27.7 Å². The van der Waals surface area contributed by atoms with Crippen LogP contribution in [0.15, 0.2) is 4.99 Å². The Hall–Kier alpha value is -0.770. The lowest BCUT2D eigenvalue weighted by molar-refractivity contribution is 0.0828. The summed E-state index contributed by atoms with van der Waals surface area (Å²) in [6.45, 7) is 9.32. The summed E-state index contributed by atoms with van der Waals surface area (Å²) in [7, 11) is 0. The Morgan fingerprint density at radius 1 is 1.46 bits per heavy atom. The van der Waals surface area contributed by atoms with Crippen molar-refractivity contribution in [3.05, 3.63) is 0 Å². The molecule has 0 amide bonds.